The molecule has 2 aliphatic heterocycles. The summed E-state index contributed by atoms with van der Waals surface area (Å²) < 4.78 is 10.5. The minimum atomic E-state index is -0.757. The van der Waals surface area contributed by atoms with E-state index in [1.807, 2.05) is 6.92 Å². The molecule has 10 heteroatoms. The van der Waals surface area contributed by atoms with E-state index < -0.39 is 12.0 Å². The number of ether oxygens (including phenoxy) is 2. The number of morpholine rings is 1. The standard InChI is InChI=1S/C23H32N4O6/c1-2-3-11-33-21(29)15-19-22(30)24-7-8-27(19)16-20(28)25-18-6-4-5-17(14-18)23(31)26-9-12-32-13-10-26/h4-6,14,19H,2-3,7-13,15-16H2,1H3,(H,24,30)(H,25,28). The quantitative estimate of drug-likeness (QED) is 0.410. The van der Waals surface area contributed by atoms with Crippen LogP contribution in [0, 0.1) is 0 Å². The highest BCUT2D eigenvalue weighted by atomic mass is 16.5. The van der Waals surface area contributed by atoms with Crippen LogP contribution < -0.4 is 10.6 Å². The average Bonchev–Trinajstić information content (AvgIpc) is 2.81. The van der Waals surface area contributed by atoms with Gasteiger partial charge in [0.15, 0.2) is 0 Å². The Hall–Kier alpha value is -2.98. The Morgan fingerprint density at radius 2 is 2.00 bits per heavy atom. The van der Waals surface area contributed by atoms with Crippen molar-refractivity contribution in [2.75, 3.05) is 57.9 Å². The van der Waals surface area contributed by atoms with Gasteiger partial charge in [0.2, 0.25) is 11.8 Å². The van der Waals surface area contributed by atoms with Crippen molar-refractivity contribution in [3.63, 3.8) is 0 Å². The Morgan fingerprint density at radius 3 is 2.76 bits per heavy atom. The summed E-state index contributed by atoms with van der Waals surface area (Å²) in [4.78, 5) is 53.2. The number of amides is 3. The van der Waals surface area contributed by atoms with Gasteiger partial charge in [-0.05, 0) is 24.6 Å². The average molecular weight is 461 g/mol. The number of piperazine rings is 1. The van der Waals surface area contributed by atoms with Crippen molar-refractivity contribution < 1.29 is 28.7 Å². The molecular weight excluding hydrogens is 428 g/mol. The minimum absolute atomic E-state index is 0.0536. The van der Waals surface area contributed by atoms with Gasteiger partial charge < -0.3 is 25.0 Å². The number of unbranched alkanes of at least 4 members (excludes halogenated alkanes) is 1. The Balaban J connectivity index is 1.57. The van der Waals surface area contributed by atoms with Crippen molar-refractivity contribution in [2.45, 2.75) is 32.2 Å². The van der Waals surface area contributed by atoms with E-state index in [1.165, 1.54) is 0 Å². The molecule has 10 nitrogen and oxygen atoms in total. The van der Waals surface area contributed by atoms with Crippen molar-refractivity contribution in [3.8, 4) is 0 Å². The van der Waals surface area contributed by atoms with Gasteiger partial charge in [0.1, 0.15) is 6.04 Å². The summed E-state index contributed by atoms with van der Waals surface area (Å²) in [6.45, 7) is 5.21. The van der Waals surface area contributed by atoms with Gasteiger partial charge in [-0.3, -0.25) is 24.1 Å². The van der Waals surface area contributed by atoms with E-state index in [0.717, 1.165) is 12.8 Å². The number of carbonyl (C=O) groups is 4. The van der Waals surface area contributed by atoms with Crippen molar-refractivity contribution in [3.05, 3.63) is 29.8 Å². The molecule has 2 heterocycles. The van der Waals surface area contributed by atoms with Gasteiger partial charge >= 0.3 is 5.97 Å². The third-order valence-corrected chi connectivity index (χ3v) is 5.60. The second kappa shape index (κ2) is 12.3. The molecule has 0 bridgehead atoms. The van der Waals surface area contributed by atoms with Crippen molar-refractivity contribution in [2.24, 2.45) is 0 Å². The zero-order valence-corrected chi connectivity index (χ0v) is 19.0. The maximum absolute atomic E-state index is 12.7. The molecule has 0 spiro atoms. The first-order valence-corrected chi connectivity index (χ1v) is 11.4. The second-order valence-corrected chi connectivity index (χ2v) is 8.09. The monoisotopic (exact) mass is 460 g/mol. The zero-order valence-electron chi connectivity index (χ0n) is 19.0. The van der Waals surface area contributed by atoms with Crippen molar-refractivity contribution in [1.82, 2.24) is 15.1 Å². The summed E-state index contributed by atoms with van der Waals surface area (Å²) in [5.74, 6) is -1.18. The van der Waals surface area contributed by atoms with Crippen LogP contribution in [0.4, 0.5) is 5.69 Å². The molecule has 0 aromatic heterocycles. The molecule has 33 heavy (non-hydrogen) atoms. The highest BCUT2D eigenvalue weighted by Crippen LogP contribution is 2.15. The SMILES string of the molecule is CCCCOC(=O)CC1C(=O)NCCN1CC(=O)Nc1cccc(C(=O)N2CCOCC2)c1. The van der Waals surface area contributed by atoms with Crippen LogP contribution >= 0.6 is 0 Å². The van der Waals surface area contributed by atoms with Gasteiger partial charge in [-0.25, -0.2) is 0 Å². The molecule has 2 saturated heterocycles. The lowest BCUT2D eigenvalue weighted by atomic mass is 10.1. The van der Waals surface area contributed by atoms with Crippen LogP contribution in [-0.2, 0) is 23.9 Å². The van der Waals surface area contributed by atoms with E-state index in [1.54, 1.807) is 34.1 Å². The lowest BCUT2D eigenvalue weighted by molar-refractivity contribution is -0.149. The molecular formula is C23H32N4O6. The van der Waals surface area contributed by atoms with E-state index in [-0.39, 0.29) is 30.7 Å². The van der Waals surface area contributed by atoms with E-state index in [9.17, 15) is 19.2 Å². The maximum atomic E-state index is 12.7. The topological polar surface area (TPSA) is 117 Å². The molecule has 1 aromatic rings. The largest absolute Gasteiger partial charge is 0.466 e. The van der Waals surface area contributed by atoms with Crippen LogP contribution in [0.3, 0.4) is 0 Å². The van der Waals surface area contributed by atoms with Crippen LogP contribution in [0.1, 0.15) is 36.5 Å². The number of nitrogens with zero attached hydrogens (tertiary/aromatic N) is 2. The second-order valence-electron chi connectivity index (χ2n) is 8.09. The van der Waals surface area contributed by atoms with Gasteiger partial charge in [-0.1, -0.05) is 19.4 Å². The highest BCUT2D eigenvalue weighted by Gasteiger charge is 2.33. The van der Waals surface area contributed by atoms with Crippen LogP contribution in [0.25, 0.3) is 0 Å². The molecule has 3 amide bonds. The Morgan fingerprint density at radius 1 is 1.21 bits per heavy atom. The third-order valence-electron chi connectivity index (χ3n) is 5.60. The molecule has 0 radical (unpaired) electrons. The number of rotatable bonds is 9. The fraction of sp³-hybridized carbons (Fsp3) is 0.565. The van der Waals surface area contributed by atoms with Crippen molar-refractivity contribution in [1.29, 1.82) is 0 Å². The summed E-state index contributed by atoms with van der Waals surface area (Å²) in [7, 11) is 0. The van der Waals surface area contributed by atoms with Gasteiger partial charge in [0.25, 0.3) is 5.91 Å². The van der Waals surface area contributed by atoms with Crippen molar-refractivity contribution >= 4 is 29.4 Å². The number of benzene rings is 1. The molecule has 3 rings (SSSR count). The number of anilines is 1. The fourth-order valence-electron chi connectivity index (χ4n) is 3.78. The molecule has 0 aliphatic carbocycles. The first-order chi connectivity index (χ1) is 16.0. The summed E-state index contributed by atoms with van der Waals surface area (Å²) >= 11 is 0. The van der Waals surface area contributed by atoms with Gasteiger partial charge in [0.05, 0.1) is 32.8 Å². The molecule has 1 atom stereocenters. The van der Waals surface area contributed by atoms with Crippen LogP contribution in [0.15, 0.2) is 24.3 Å². The summed E-state index contributed by atoms with van der Waals surface area (Å²) in [5, 5.41) is 5.53. The molecule has 1 aromatic carbocycles. The van der Waals surface area contributed by atoms with Crippen LogP contribution in [-0.4, -0.2) is 92.1 Å². The van der Waals surface area contributed by atoms with E-state index in [0.29, 0.717) is 57.3 Å². The predicted molar refractivity (Wildman–Crippen MR) is 121 cm³/mol. The van der Waals surface area contributed by atoms with Gasteiger partial charge in [-0.15, -0.1) is 0 Å². The van der Waals surface area contributed by atoms with E-state index in [2.05, 4.69) is 10.6 Å². The number of esters is 1. The molecule has 2 fully saturated rings. The highest BCUT2D eigenvalue weighted by molar-refractivity contribution is 5.98. The smallest absolute Gasteiger partial charge is 0.307 e. The first-order valence-electron chi connectivity index (χ1n) is 11.4. The van der Waals surface area contributed by atoms with Gasteiger partial charge in [0, 0.05) is 37.4 Å². The third kappa shape index (κ3) is 7.26. The Bertz CT molecular complexity index is 855. The van der Waals surface area contributed by atoms with Crippen LogP contribution in [0.5, 0.6) is 0 Å². The zero-order chi connectivity index (χ0) is 23.6. The molecule has 2 N–H and O–H groups in total. The minimum Gasteiger partial charge on any atom is -0.466 e. The molecule has 180 valence electrons. The van der Waals surface area contributed by atoms with E-state index >= 15 is 0 Å². The number of hydrogen-bond acceptors (Lipinski definition) is 7. The normalized spacial score (nSPS) is 19.0. The Labute approximate surface area is 193 Å². The summed E-state index contributed by atoms with van der Waals surface area (Å²) in [6.07, 6.45) is 1.57. The van der Waals surface area contributed by atoms with Gasteiger partial charge in [-0.2, -0.15) is 0 Å². The lowest BCUT2D eigenvalue weighted by Crippen LogP contribution is -2.57. The molecule has 1 unspecified atom stereocenters. The van der Waals surface area contributed by atoms with E-state index in [4.69, 9.17) is 9.47 Å². The number of nitrogens with one attached hydrogen (secondary N) is 2. The fourth-order valence-corrected chi connectivity index (χ4v) is 3.78. The molecule has 2 aliphatic rings. The lowest BCUT2D eigenvalue weighted by Gasteiger charge is -2.33. The number of hydrogen-bond donors (Lipinski definition) is 2. The molecule has 0 saturated carbocycles. The predicted octanol–water partition coefficient (Wildman–Crippen LogP) is 0.631. The maximum Gasteiger partial charge on any atom is 0.307 e. The van der Waals surface area contributed by atoms with Crippen LogP contribution in [0.2, 0.25) is 0 Å². The number of carbonyl (C=O) groups excluding carboxylic acids is 4. The summed E-state index contributed by atoms with van der Waals surface area (Å²) in [6, 6.07) is 6.02. The summed E-state index contributed by atoms with van der Waals surface area (Å²) in [5.41, 5.74) is 0.982. The first kappa shape index (κ1) is 24.7. The Kier molecular flexibility index (Phi) is 9.20.